The molecule has 1 amide bonds. The van der Waals surface area contributed by atoms with Gasteiger partial charge in [0.1, 0.15) is 5.75 Å². The highest BCUT2D eigenvalue weighted by atomic mass is 35.5. The van der Waals surface area contributed by atoms with Gasteiger partial charge in [-0.05, 0) is 22.9 Å². The van der Waals surface area contributed by atoms with E-state index in [2.05, 4.69) is 5.32 Å². The number of amides is 1. The molecule has 0 spiro atoms. The van der Waals surface area contributed by atoms with Crippen molar-refractivity contribution in [3.8, 4) is 5.75 Å². The van der Waals surface area contributed by atoms with Gasteiger partial charge in [-0.15, -0.1) is 0 Å². The minimum atomic E-state index is -0.264. The first kappa shape index (κ1) is 16.8. The third kappa shape index (κ3) is 3.99. The first-order chi connectivity index (χ1) is 10.7. The van der Waals surface area contributed by atoms with Crippen molar-refractivity contribution in [2.45, 2.75) is 6.54 Å². The summed E-state index contributed by atoms with van der Waals surface area (Å²) in [6, 6.07) is 16.8. The van der Waals surface area contributed by atoms with Gasteiger partial charge in [0.15, 0.2) is 18.9 Å². The molecule has 4 nitrogen and oxygen atoms in total. The molecule has 3 aromatic rings. The molecule has 0 saturated carbocycles. The summed E-state index contributed by atoms with van der Waals surface area (Å²) >= 11 is 0. The first-order valence-corrected chi connectivity index (χ1v) is 7.18. The number of carbonyl (C=O) groups excluding carboxylic acids is 1. The van der Waals surface area contributed by atoms with Crippen molar-refractivity contribution < 1.29 is 26.9 Å². The van der Waals surface area contributed by atoms with E-state index in [1.807, 2.05) is 59.4 Å². The van der Waals surface area contributed by atoms with E-state index >= 15 is 0 Å². The maximum absolute atomic E-state index is 12.2. The Morgan fingerprint density at radius 1 is 1.00 bits per heavy atom. The van der Waals surface area contributed by atoms with E-state index in [0.29, 0.717) is 18.7 Å². The predicted molar refractivity (Wildman–Crippen MR) is 84.6 cm³/mol. The lowest BCUT2D eigenvalue weighted by atomic mass is 10.1. The lowest BCUT2D eigenvalue weighted by Crippen LogP contribution is -3.00. The van der Waals surface area contributed by atoms with E-state index in [-0.39, 0.29) is 24.1 Å². The van der Waals surface area contributed by atoms with E-state index in [4.69, 9.17) is 0 Å². The van der Waals surface area contributed by atoms with Gasteiger partial charge in [-0.25, -0.2) is 4.57 Å². The fraction of sp³-hybridized carbons (Fsp3) is 0.111. The molecule has 23 heavy (non-hydrogen) atoms. The summed E-state index contributed by atoms with van der Waals surface area (Å²) in [5.74, 6) is -0.261. The van der Waals surface area contributed by atoms with Crippen molar-refractivity contribution >= 4 is 16.7 Å². The van der Waals surface area contributed by atoms with Crippen LogP contribution in [0.15, 0.2) is 67.0 Å². The number of phenolic OH excluding ortho intramolecular Hbond substituents is 1. The van der Waals surface area contributed by atoms with Crippen LogP contribution < -0.4 is 22.3 Å². The number of aromatic hydroxyl groups is 1. The van der Waals surface area contributed by atoms with Crippen molar-refractivity contribution in [2.75, 3.05) is 6.54 Å². The van der Waals surface area contributed by atoms with Crippen LogP contribution in [-0.2, 0) is 6.54 Å². The SMILES string of the molecule is O=C(NCC[n+]1ccccc1)c1cc2ccccc2cc1O.[Cl-]. The van der Waals surface area contributed by atoms with E-state index in [9.17, 15) is 9.90 Å². The molecule has 0 atom stereocenters. The largest absolute Gasteiger partial charge is 1.00 e. The van der Waals surface area contributed by atoms with Gasteiger partial charge in [-0.3, -0.25) is 4.79 Å². The normalized spacial score (nSPS) is 10.1. The quantitative estimate of drug-likeness (QED) is 0.620. The lowest BCUT2D eigenvalue weighted by Gasteiger charge is -2.07. The second-order valence-corrected chi connectivity index (χ2v) is 5.09. The maximum atomic E-state index is 12.2. The Balaban J connectivity index is 0.00000192. The molecular formula is C18H17ClN2O2. The fourth-order valence-corrected chi connectivity index (χ4v) is 2.39. The molecule has 1 aromatic heterocycles. The minimum Gasteiger partial charge on any atom is -1.00 e. The Morgan fingerprint density at radius 3 is 2.35 bits per heavy atom. The Morgan fingerprint density at radius 2 is 1.65 bits per heavy atom. The highest BCUT2D eigenvalue weighted by Gasteiger charge is 2.12. The molecular weight excluding hydrogens is 312 g/mol. The Labute approximate surface area is 140 Å². The summed E-state index contributed by atoms with van der Waals surface area (Å²) in [5, 5.41) is 14.7. The highest BCUT2D eigenvalue weighted by Crippen LogP contribution is 2.24. The number of rotatable bonds is 4. The molecule has 3 rings (SSSR count). The molecule has 0 aliphatic rings. The van der Waals surface area contributed by atoms with E-state index in [1.54, 1.807) is 12.1 Å². The van der Waals surface area contributed by atoms with Gasteiger partial charge >= 0.3 is 0 Å². The van der Waals surface area contributed by atoms with Crippen LogP contribution in [0.2, 0.25) is 0 Å². The topological polar surface area (TPSA) is 53.2 Å². The number of nitrogens with one attached hydrogen (secondary N) is 1. The molecule has 1 heterocycles. The molecule has 0 aliphatic carbocycles. The number of aromatic nitrogens is 1. The van der Waals surface area contributed by atoms with E-state index in [1.165, 1.54) is 0 Å². The number of nitrogens with zero attached hydrogens (tertiary/aromatic N) is 1. The van der Waals surface area contributed by atoms with Crippen LogP contribution in [0.1, 0.15) is 10.4 Å². The van der Waals surface area contributed by atoms with Crippen LogP contribution in [0, 0.1) is 0 Å². The van der Waals surface area contributed by atoms with Crippen molar-refractivity contribution in [1.82, 2.24) is 5.32 Å². The molecule has 0 saturated heterocycles. The van der Waals surface area contributed by atoms with E-state index < -0.39 is 0 Å². The number of hydrogen-bond donors (Lipinski definition) is 2. The Hall–Kier alpha value is -2.59. The number of fused-ring (bicyclic) bond motifs is 1. The third-order valence-corrected chi connectivity index (χ3v) is 3.54. The van der Waals surface area contributed by atoms with Crippen molar-refractivity contribution in [3.05, 3.63) is 72.6 Å². The fourth-order valence-electron chi connectivity index (χ4n) is 2.39. The zero-order valence-corrected chi connectivity index (χ0v) is 13.2. The van der Waals surface area contributed by atoms with Crippen LogP contribution in [0.3, 0.4) is 0 Å². The van der Waals surface area contributed by atoms with Gasteiger partial charge < -0.3 is 22.8 Å². The molecule has 2 aromatic carbocycles. The number of pyridine rings is 1. The monoisotopic (exact) mass is 328 g/mol. The lowest BCUT2D eigenvalue weighted by molar-refractivity contribution is -0.694. The van der Waals surface area contributed by atoms with Gasteiger partial charge in [-0.2, -0.15) is 0 Å². The summed E-state index contributed by atoms with van der Waals surface area (Å²) in [4.78, 5) is 12.2. The zero-order valence-electron chi connectivity index (χ0n) is 12.4. The first-order valence-electron chi connectivity index (χ1n) is 7.18. The summed E-state index contributed by atoms with van der Waals surface area (Å²) in [7, 11) is 0. The van der Waals surface area contributed by atoms with Crippen LogP contribution in [-0.4, -0.2) is 17.6 Å². The Bertz CT molecular complexity index is 806. The summed E-state index contributed by atoms with van der Waals surface area (Å²) < 4.78 is 1.99. The van der Waals surface area contributed by atoms with Crippen LogP contribution in [0.5, 0.6) is 5.75 Å². The molecule has 0 bridgehead atoms. The van der Waals surface area contributed by atoms with Gasteiger partial charge in [0.2, 0.25) is 0 Å². The predicted octanol–water partition coefficient (Wildman–Crippen LogP) is -0.733. The number of carbonyl (C=O) groups is 1. The smallest absolute Gasteiger partial charge is 0.255 e. The molecule has 0 unspecified atom stereocenters. The molecule has 0 fully saturated rings. The number of halogens is 1. The number of phenols is 1. The molecule has 0 aliphatic heterocycles. The number of hydrogen-bond acceptors (Lipinski definition) is 2. The molecule has 118 valence electrons. The highest BCUT2D eigenvalue weighted by molar-refractivity contribution is 6.01. The summed E-state index contributed by atoms with van der Waals surface area (Å²) in [6.07, 6.45) is 3.89. The van der Waals surface area contributed by atoms with Crippen LogP contribution in [0.4, 0.5) is 0 Å². The summed E-state index contributed by atoms with van der Waals surface area (Å²) in [6.45, 7) is 1.18. The van der Waals surface area contributed by atoms with Crippen molar-refractivity contribution in [3.63, 3.8) is 0 Å². The zero-order chi connectivity index (χ0) is 15.4. The molecule has 2 N–H and O–H groups in total. The average Bonchev–Trinajstić information content (AvgIpc) is 2.55. The maximum Gasteiger partial charge on any atom is 0.255 e. The second-order valence-electron chi connectivity index (χ2n) is 5.09. The van der Waals surface area contributed by atoms with Gasteiger partial charge in [0.05, 0.1) is 12.1 Å². The van der Waals surface area contributed by atoms with Gasteiger partial charge in [0, 0.05) is 12.1 Å². The number of benzene rings is 2. The average molecular weight is 329 g/mol. The molecule has 5 heteroatoms. The van der Waals surface area contributed by atoms with Crippen molar-refractivity contribution in [1.29, 1.82) is 0 Å². The second kappa shape index (κ2) is 7.61. The third-order valence-electron chi connectivity index (χ3n) is 3.54. The standard InChI is InChI=1S/C18H16N2O2.ClH/c21-17-13-15-7-3-2-6-14(15)12-16(17)18(22)19-8-11-20-9-4-1-5-10-20;/h1-7,9-10,12-13H,8,11H2,(H-,19,21,22);1H. The van der Waals surface area contributed by atoms with Gasteiger partial charge in [0.25, 0.3) is 5.91 Å². The van der Waals surface area contributed by atoms with Crippen molar-refractivity contribution in [2.24, 2.45) is 0 Å². The van der Waals surface area contributed by atoms with Gasteiger partial charge in [-0.1, -0.05) is 30.3 Å². The minimum absolute atomic E-state index is 0. The van der Waals surface area contributed by atoms with Crippen LogP contribution in [0.25, 0.3) is 10.8 Å². The Kier molecular flexibility index (Phi) is 5.55. The summed E-state index contributed by atoms with van der Waals surface area (Å²) in [5.41, 5.74) is 0.303. The van der Waals surface area contributed by atoms with Crippen LogP contribution >= 0.6 is 0 Å². The molecule has 0 radical (unpaired) electrons. The van der Waals surface area contributed by atoms with E-state index in [0.717, 1.165) is 10.8 Å².